The van der Waals surface area contributed by atoms with Gasteiger partial charge in [-0.25, -0.2) is 0 Å². The molecule has 0 unspecified atom stereocenters. The summed E-state index contributed by atoms with van der Waals surface area (Å²) in [5.41, 5.74) is 0. The van der Waals surface area contributed by atoms with E-state index in [9.17, 15) is 0 Å². The van der Waals surface area contributed by atoms with Crippen LogP contribution in [0.2, 0.25) is 0 Å². The molecule has 3 rings (SSSR count). The van der Waals surface area contributed by atoms with Gasteiger partial charge in [0.05, 0.1) is 0 Å². The number of hydrogen-bond acceptors (Lipinski definition) is 3. The van der Waals surface area contributed by atoms with Crippen molar-refractivity contribution in [1.29, 1.82) is 0 Å². The molecule has 0 spiro atoms. The van der Waals surface area contributed by atoms with Crippen LogP contribution in [0.4, 0.5) is 0 Å². The van der Waals surface area contributed by atoms with Crippen LogP contribution < -0.4 is 0 Å². The second-order valence-electron chi connectivity index (χ2n) is 4.23. The molecule has 0 aliphatic rings. The SMILES string of the molecule is [S-]c1ccccc1.c1ccc([S][Sn+][S]c2ccccc2)cc1. The molecule has 109 valence electrons. The first-order chi connectivity index (χ1) is 10.8. The Morgan fingerprint density at radius 1 is 0.545 bits per heavy atom. The van der Waals surface area contributed by atoms with Crippen molar-refractivity contribution in [3.8, 4) is 0 Å². The molecule has 0 saturated carbocycles. The number of rotatable bonds is 4. The summed E-state index contributed by atoms with van der Waals surface area (Å²) >= 11 is 4.39. The zero-order valence-corrected chi connectivity index (χ0v) is 17.2. The summed E-state index contributed by atoms with van der Waals surface area (Å²) < 4.78 is 0. The van der Waals surface area contributed by atoms with Crippen molar-refractivity contribution in [2.45, 2.75) is 14.7 Å². The second kappa shape index (κ2) is 11.0. The predicted molar refractivity (Wildman–Crippen MR) is 102 cm³/mol. The van der Waals surface area contributed by atoms with Crippen LogP contribution >= 0.6 is 17.9 Å². The van der Waals surface area contributed by atoms with Gasteiger partial charge in [0.1, 0.15) is 0 Å². The Bertz CT molecular complexity index is 591. The maximum atomic E-state index is 4.81. The Morgan fingerprint density at radius 2 is 0.909 bits per heavy atom. The van der Waals surface area contributed by atoms with Gasteiger partial charge in [-0.3, -0.25) is 0 Å². The van der Waals surface area contributed by atoms with E-state index in [4.69, 9.17) is 12.6 Å². The fourth-order valence-electron chi connectivity index (χ4n) is 1.51. The zero-order valence-electron chi connectivity index (χ0n) is 11.9. The molecule has 0 amide bonds. The molecule has 0 N–H and O–H groups in total. The van der Waals surface area contributed by atoms with Crippen molar-refractivity contribution < 1.29 is 0 Å². The molecule has 1 radical (unpaired) electrons. The molecule has 0 saturated heterocycles. The van der Waals surface area contributed by atoms with Gasteiger partial charge in [0, 0.05) is 0 Å². The van der Waals surface area contributed by atoms with Gasteiger partial charge < -0.3 is 12.6 Å². The zero-order chi connectivity index (χ0) is 15.5. The minimum atomic E-state index is -0.424. The summed E-state index contributed by atoms with van der Waals surface area (Å²) in [5, 5.41) is 0. The normalized spacial score (nSPS) is 9.45. The van der Waals surface area contributed by atoms with Crippen molar-refractivity contribution in [3.63, 3.8) is 0 Å². The molecule has 0 nitrogen and oxygen atoms in total. The van der Waals surface area contributed by atoms with E-state index in [1.807, 2.05) is 48.2 Å². The van der Waals surface area contributed by atoms with Crippen LogP contribution in [0, 0.1) is 0 Å². The van der Waals surface area contributed by atoms with E-state index in [2.05, 4.69) is 60.7 Å². The Kier molecular flexibility index (Phi) is 8.86. The fourth-order valence-corrected chi connectivity index (χ4v) is 11.5. The van der Waals surface area contributed by atoms with Gasteiger partial charge in [-0.15, -0.1) is 0 Å². The third-order valence-corrected chi connectivity index (χ3v) is 12.8. The van der Waals surface area contributed by atoms with Gasteiger partial charge in [0.2, 0.25) is 0 Å². The molecule has 0 aromatic heterocycles. The van der Waals surface area contributed by atoms with Crippen LogP contribution in [-0.4, -0.2) is 18.4 Å². The minimum absolute atomic E-state index is 0.424. The summed E-state index contributed by atoms with van der Waals surface area (Å²) in [7, 11) is 4.10. The molecule has 0 aliphatic carbocycles. The second-order valence-corrected chi connectivity index (χ2v) is 14.5. The van der Waals surface area contributed by atoms with E-state index >= 15 is 0 Å². The average molecular weight is 446 g/mol. The van der Waals surface area contributed by atoms with E-state index in [0.29, 0.717) is 0 Å². The first kappa shape index (κ1) is 17.7. The topological polar surface area (TPSA) is 0 Å². The average Bonchev–Trinajstić information content (AvgIpc) is 2.58. The van der Waals surface area contributed by atoms with Gasteiger partial charge in [0.25, 0.3) is 0 Å². The quantitative estimate of drug-likeness (QED) is 0.373. The Balaban J connectivity index is 0.000000211. The summed E-state index contributed by atoms with van der Waals surface area (Å²) in [6, 6.07) is 30.9. The number of benzene rings is 3. The molecule has 0 bridgehead atoms. The molecule has 3 aromatic carbocycles. The van der Waals surface area contributed by atoms with Crippen molar-refractivity contribution >= 4 is 48.9 Å². The van der Waals surface area contributed by atoms with Gasteiger partial charge in [0.15, 0.2) is 0 Å². The van der Waals surface area contributed by atoms with Gasteiger partial charge in [-0.1, -0.05) is 30.3 Å². The Morgan fingerprint density at radius 3 is 1.23 bits per heavy atom. The van der Waals surface area contributed by atoms with Crippen LogP contribution in [0.5, 0.6) is 0 Å². The van der Waals surface area contributed by atoms with E-state index in [0.717, 1.165) is 4.90 Å². The Labute approximate surface area is 153 Å². The van der Waals surface area contributed by atoms with Gasteiger partial charge in [-0.2, -0.15) is 4.90 Å². The molecule has 0 fully saturated rings. The van der Waals surface area contributed by atoms with Crippen LogP contribution in [0.1, 0.15) is 0 Å². The third kappa shape index (κ3) is 7.58. The van der Waals surface area contributed by atoms with E-state index in [-0.39, 0.29) is 0 Å². The van der Waals surface area contributed by atoms with Crippen molar-refractivity contribution in [1.82, 2.24) is 0 Å². The molecular formula is C18H15S3Sn. The molecule has 0 atom stereocenters. The first-order valence-corrected chi connectivity index (χ1v) is 15.8. The van der Waals surface area contributed by atoms with Crippen LogP contribution in [0.25, 0.3) is 0 Å². The predicted octanol–water partition coefficient (Wildman–Crippen LogP) is 5.70. The van der Waals surface area contributed by atoms with Crippen LogP contribution in [0.15, 0.2) is 106 Å². The molecule has 4 heteroatoms. The molecule has 0 aliphatic heterocycles. The number of hydrogen-bond donors (Lipinski definition) is 0. The van der Waals surface area contributed by atoms with Gasteiger partial charge >= 0.3 is 107 Å². The first-order valence-electron chi connectivity index (χ1n) is 6.75. The molecule has 22 heavy (non-hydrogen) atoms. The fraction of sp³-hybridized carbons (Fsp3) is 0. The van der Waals surface area contributed by atoms with Crippen molar-refractivity contribution in [3.05, 3.63) is 91.0 Å². The standard InChI is InChI=1S/3C6H6S.Sn/c3*7-6-4-2-1-3-5-6;/h3*1-5,7H;/q;;;+3/p-3. The Hall–Kier alpha value is -0.621. The van der Waals surface area contributed by atoms with Crippen LogP contribution in [0.3, 0.4) is 0 Å². The van der Waals surface area contributed by atoms with Crippen molar-refractivity contribution in [2.24, 2.45) is 0 Å². The van der Waals surface area contributed by atoms with E-state index in [1.165, 1.54) is 9.79 Å². The monoisotopic (exact) mass is 447 g/mol. The summed E-state index contributed by atoms with van der Waals surface area (Å²) in [6.07, 6.45) is 0. The molecule has 3 aromatic rings. The molecule has 0 heterocycles. The maximum absolute atomic E-state index is 4.81. The van der Waals surface area contributed by atoms with Crippen molar-refractivity contribution in [2.75, 3.05) is 0 Å². The molecular weight excluding hydrogens is 431 g/mol. The summed E-state index contributed by atoms with van der Waals surface area (Å²) in [5.74, 6) is 0. The van der Waals surface area contributed by atoms with Gasteiger partial charge in [-0.05, 0) is 0 Å². The third-order valence-electron chi connectivity index (χ3n) is 2.55. The van der Waals surface area contributed by atoms with Crippen LogP contribution in [-0.2, 0) is 12.6 Å². The summed E-state index contributed by atoms with van der Waals surface area (Å²) in [4.78, 5) is 3.72. The summed E-state index contributed by atoms with van der Waals surface area (Å²) in [6.45, 7) is 0. The van der Waals surface area contributed by atoms with E-state index < -0.39 is 18.4 Å². The van der Waals surface area contributed by atoms with E-state index in [1.54, 1.807) is 0 Å².